The summed E-state index contributed by atoms with van der Waals surface area (Å²) in [4.78, 5) is 16.7. The number of nitrogens with zero attached hydrogens (tertiary/aromatic N) is 1. The summed E-state index contributed by atoms with van der Waals surface area (Å²) in [5, 5.41) is 2.75. The van der Waals surface area contributed by atoms with E-state index in [0.717, 1.165) is 9.35 Å². The number of halogens is 2. The number of nitrogens with one attached hydrogen (secondary N) is 1. The van der Waals surface area contributed by atoms with E-state index in [2.05, 4.69) is 42.2 Å². The highest BCUT2D eigenvalue weighted by Gasteiger charge is 2.11. The molecule has 0 atom stereocenters. The number of anilines is 1. The lowest BCUT2D eigenvalue weighted by atomic mass is 10.3. The number of aromatic nitrogens is 1. The van der Waals surface area contributed by atoms with Crippen LogP contribution in [-0.4, -0.2) is 10.9 Å². The summed E-state index contributed by atoms with van der Waals surface area (Å²) in [6.45, 7) is 1.95. The Morgan fingerprint density at radius 3 is 2.76 bits per heavy atom. The molecular formula is C11H8Br2N2OS. The van der Waals surface area contributed by atoms with Crippen molar-refractivity contribution in [2.75, 3.05) is 5.32 Å². The molecule has 0 aliphatic heterocycles. The van der Waals surface area contributed by atoms with Gasteiger partial charge in [0.1, 0.15) is 10.4 Å². The zero-order chi connectivity index (χ0) is 12.4. The smallest absolute Gasteiger partial charge is 0.266 e. The lowest BCUT2D eigenvalue weighted by Crippen LogP contribution is -2.11. The Hall–Kier alpha value is -0.720. The highest BCUT2D eigenvalue weighted by molar-refractivity contribution is 9.11. The van der Waals surface area contributed by atoms with Crippen LogP contribution < -0.4 is 5.32 Å². The summed E-state index contributed by atoms with van der Waals surface area (Å²) >= 11 is 8.06. The van der Waals surface area contributed by atoms with Gasteiger partial charge in [-0.25, -0.2) is 4.98 Å². The predicted octanol–water partition coefficient (Wildman–Crippen LogP) is 4.23. The van der Waals surface area contributed by atoms with Crippen molar-refractivity contribution in [2.24, 2.45) is 0 Å². The van der Waals surface area contributed by atoms with Crippen LogP contribution in [0, 0.1) is 6.92 Å². The Kier molecular flexibility index (Phi) is 3.96. The van der Waals surface area contributed by atoms with E-state index in [9.17, 15) is 4.79 Å². The summed E-state index contributed by atoms with van der Waals surface area (Å²) in [7, 11) is 0. The Balaban J connectivity index is 2.17. The molecule has 0 bridgehead atoms. The van der Waals surface area contributed by atoms with E-state index >= 15 is 0 Å². The molecule has 0 aliphatic rings. The first-order chi connectivity index (χ1) is 8.06. The summed E-state index contributed by atoms with van der Waals surface area (Å²) in [5.74, 6) is 0.390. The summed E-state index contributed by atoms with van der Waals surface area (Å²) in [5.41, 5.74) is 1.06. The van der Waals surface area contributed by atoms with Crippen LogP contribution in [0.2, 0.25) is 0 Å². The van der Waals surface area contributed by atoms with Gasteiger partial charge in [0.2, 0.25) is 0 Å². The van der Waals surface area contributed by atoms with Crippen LogP contribution in [0.3, 0.4) is 0 Å². The second kappa shape index (κ2) is 5.29. The summed E-state index contributed by atoms with van der Waals surface area (Å²) < 4.78 is 1.67. The van der Waals surface area contributed by atoms with Gasteiger partial charge in [0.05, 0.1) is 8.66 Å². The average molecular weight is 376 g/mol. The van der Waals surface area contributed by atoms with E-state index in [1.807, 2.05) is 25.1 Å². The van der Waals surface area contributed by atoms with Crippen LogP contribution in [0.5, 0.6) is 0 Å². The number of amides is 1. The third-order valence-corrected chi connectivity index (χ3v) is 4.61. The second-order valence-corrected chi connectivity index (χ2v) is 6.55. The van der Waals surface area contributed by atoms with Crippen molar-refractivity contribution in [1.29, 1.82) is 0 Å². The standard InChI is InChI=1S/C11H8Br2N2OS/c1-6-5-7(17-10(6)13)11(16)15-9-4-2-3-8(12)14-9/h2-5H,1H3,(H,14,15,16). The molecule has 0 fully saturated rings. The Morgan fingerprint density at radius 1 is 1.41 bits per heavy atom. The van der Waals surface area contributed by atoms with Gasteiger partial charge in [-0.3, -0.25) is 4.79 Å². The SMILES string of the molecule is Cc1cc(C(=O)Nc2cccc(Br)n2)sc1Br. The molecule has 0 saturated heterocycles. The third-order valence-electron chi connectivity index (χ3n) is 2.04. The molecule has 0 aromatic carbocycles. The molecule has 2 heterocycles. The van der Waals surface area contributed by atoms with Crippen LogP contribution in [-0.2, 0) is 0 Å². The van der Waals surface area contributed by atoms with Gasteiger partial charge in [0, 0.05) is 0 Å². The van der Waals surface area contributed by atoms with Crippen LogP contribution in [0.15, 0.2) is 32.7 Å². The number of hydrogen-bond donors (Lipinski definition) is 1. The summed E-state index contributed by atoms with van der Waals surface area (Å²) in [6, 6.07) is 7.23. The van der Waals surface area contributed by atoms with Gasteiger partial charge < -0.3 is 5.32 Å². The Morgan fingerprint density at radius 2 is 2.18 bits per heavy atom. The number of rotatable bonds is 2. The molecule has 0 unspecified atom stereocenters. The third kappa shape index (κ3) is 3.14. The van der Waals surface area contributed by atoms with Crippen LogP contribution in [0.4, 0.5) is 5.82 Å². The topological polar surface area (TPSA) is 42.0 Å². The van der Waals surface area contributed by atoms with Crippen molar-refractivity contribution in [3.63, 3.8) is 0 Å². The quantitative estimate of drug-likeness (QED) is 0.798. The van der Waals surface area contributed by atoms with Crippen molar-refractivity contribution in [3.05, 3.63) is 43.1 Å². The first kappa shape index (κ1) is 12.7. The molecule has 6 heteroatoms. The van der Waals surface area contributed by atoms with Crippen molar-refractivity contribution in [2.45, 2.75) is 6.92 Å². The van der Waals surface area contributed by atoms with Crippen LogP contribution in [0.25, 0.3) is 0 Å². The predicted molar refractivity (Wildman–Crippen MR) is 76.6 cm³/mol. The monoisotopic (exact) mass is 374 g/mol. The molecule has 0 radical (unpaired) electrons. The molecule has 88 valence electrons. The number of thiophene rings is 1. The van der Waals surface area contributed by atoms with Crippen molar-refractivity contribution >= 4 is 54.9 Å². The molecule has 17 heavy (non-hydrogen) atoms. The molecule has 2 rings (SSSR count). The highest BCUT2D eigenvalue weighted by atomic mass is 79.9. The van der Waals surface area contributed by atoms with Crippen LogP contribution in [0.1, 0.15) is 15.2 Å². The number of hydrogen-bond acceptors (Lipinski definition) is 3. The second-order valence-electron chi connectivity index (χ2n) is 3.37. The minimum atomic E-state index is -0.144. The maximum atomic E-state index is 11.9. The van der Waals surface area contributed by atoms with Crippen molar-refractivity contribution in [3.8, 4) is 0 Å². The van der Waals surface area contributed by atoms with E-state index in [4.69, 9.17) is 0 Å². The van der Waals surface area contributed by atoms with Crippen LogP contribution >= 0.6 is 43.2 Å². The van der Waals surface area contributed by atoms with E-state index in [0.29, 0.717) is 15.3 Å². The largest absolute Gasteiger partial charge is 0.306 e. The highest BCUT2D eigenvalue weighted by Crippen LogP contribution is 2.27. The van der Waals surface area contributed by atoms with Gasteiger partial charge in [0.25, 0.3) is 5.91 Å². The molecule has 3 nitrogen and oxygen atoms in total. The van der Waals surface area contributed by atoms with Gasteiger partial charge in [0.15, 0.2) is 0 Å². The number of aryl methyl sites for hydroxylation is 1. The molecule has 2 aromatic rings. The van der Waals surface area contributed by atoms with Crippen molar-refractivity contribution in [1.82, 2.24) is 4.98 Å². The minimum absolute atomic E-state index is 0.144. The van der Waals surface area contributed by atoms with E-state index < -0.39 is 0 Å². The lowest BCUT2D eigenvalue weighted by molar-refractivity contribution is 0.103. The summed E-state index contributed by atoms with van der Waals surface area (Å²) in [6.07, 6.45) is 0. The van der Waals surface area contributed by atoms with Gasteiger partial charge in [-0.2, -0.15) is 0 Å². The zero-order valence-corrected chi connectivity index (χ0v) is 12.8. The zero-order valence-electron chi connectivity index (χ0n) is 8.83. The lowest BCUT2D eigenvalue weighted by Gasteiger charge is -2.02. The molecule has 0 saturated carbocycles. The number of carbonyl (C=O) groups excluding carboxylic acids is 1. The first-order valence-electron chi connectivity index (χ1n) is 4.76. The maximum Gasteiger partial charge on any atom is 0.266 e. The van der Waals surface area contributed by atoms with Gasteiger partial charge in [-0.1, -0.05) is 6.07 Å². The first-order valence-corrected chi connectivity index (χ1v) is 7.16. The van der Waals surface area contributed by atoms with Gasteiger partial charge in [-0.05, 0) is 62.5 Å². The fourth-order valence-electron chi connectivity index (χ4n) is 1.23. The van der Waals surface area contributed by atoms with Crippen molar-refractivity contribution < 1.29 is 4.79 Å². The van der Waals surface area contributed by atoms with E-state index in [1.54, 1.807) is 6.07 Å². The van der Waals surface area contributed by atoms with Gasteiger partial charge >= 0.3 is 0 Å². The number of carbonyl (C=O) groups is 1. The normalized spacial score (nSPS) is 10.3. The molecule has 0 spiro atoms. The fourth-order valence-corrected chi connectivity index (χ4v) is 3.00. The molecule has 2 aromatic heterocycles. The Bertz CT molecular complexity index is 549. The van der Waals surface area contributed by atoms with E-state index in [-0.39, 0.29) is 5.91 Å². The molecule has 0 aliphatic carbocycles. The number of pyridine rings is 1. The molecular weight excluding hydrogens is 368 g/mol. The maximum absolute atomic E-state index is 11.9. The molecule has 1 amide bonds. The Labute approximate surface area is 120 Å². The average Bonchev–Trinajstić information content (AvgIpc) is 2.59. The molecule has 1 N–H and O–H groups in total. The fraction of sp³-hybridized carbons (Fsp3) is 0.0909. The minimum Gasteiger partial charge on any atom is -0.306 e. The van der Waals surface area contributed by atoms with E-state index in [1.165, 1.54) is 11.3 Å². The van der Waals surface area contributed by atoms with Gasteiger partial charge in [-0.15, -0.1) is 11.3 Å².